The zero-order chi connectivity index (χ0) is 5.41. The molecule has 6 heavy (non-hydrogen) atoms. The second kappa shape index (κ2) is 20.5. The number of unbranched alkanes of at least 4 members (excludes halogenated alkanes) is 1. The van der Waals surface area contributed by atoms with Gasteiger partial charge in [0.25, 0.3) is 0 Å². The van der Waals surface area contributed by atoms with Crippen molar-refractivity contribution >= 4 is 0 Å². The summed E-state index contributed by atoms with van der Waals surface area (Å²) in [7, 11) is 0. The third kappa shape index (κ3) is 39.5. The van der Waals surface area contributed by atoms with Crippen LogP contribution in [0.1, 0.15) is 26.7 Å². The molecule has 37 valence electrons. The third-order valence-corrected chi connectivity index (χ3v) is 0.500. The summed E-state index contributed by atoms with van der Waals surface area (Å²) >= 11 is 0. The molecule has 0 rings (SSSR count). The van der Waals surface area contributed by atoms with Crippen molar-refractivity contribution in [2.24, 2.45) is 0 Å². The molecular formula is C4H10NO. The van der Waals surface area contributed by atoms with Gasteiger partial charge in [0.05, 0.1) is 0 Å². The van der Waals surface area contributed by atoms with Crippen LogP contribution >= 0.6 is 0 Å². The van der Waals surface area contributed by atoms with E-state index in [1.807, 2.05) is 0 Å². The summed E-state index contributed by atoms with van der Waals surface area (Å²) < 4.78 is 0. The maximum Gasteiger partial charge on any atom is 0.442 e. The highest BCUT2D eigenvalue weighted by molar-refractivity contribution is 4.12. The molecule has 0 unspecified atom stereocenters. The Balaban J connectivity index is 0. The van der Waals surface area contributed by atoms with Gasteiger partial charge >= 0.3 is 5.90 Å². The maximum absolute atomic E-state index is 7.25. The third-order valence-electron chi connectivity index (χ3n) is 0.500. The monoisotopic (exact) mass is 88.1 g/mol. The average Bonchev–Trinajstić information content (AvgIpc) is 1.72. The Morgan fingerprint density at radius 1 is 1.17 bits per heavy atom. The Labute approximate surface area is 38.9 Å². The van der Waals surface area contributed by atoms with E-state index < -0.39 is 0 Å². The second-order valence-corrected chi connectivity index (χ2v) is 1.000. The molecule has 0 N–H and O–H groups in total. The summed E-state index contributed by atoms with van der Waals surface area (Å²) in [5.41, 5.74) is 0. The fraction of sp³-hybridized carbons (Fsp3) is 1.00. The van der Waals surface area contributed by atoms with E-state index in [9.17, 15) is 0 Å². The van der Waals surface area contributed by atoms with Crippen LogP contribution in [-0.2, 0) is 0 Å². The lowest BCUT2D eigenvalue weighted by molar-refractivity contribution is 0.886. The number of rotatable bonds is 1. The van der Waals surface area contributed by atoms with Crippen molar-refractivity contribution in [2.45, 2.75) is 26.7 Å². The summed E-state index contributed by atoms with van der Waals surface area (Å²) in [6.45, 7) is 4.36. The van der Waals surface area contributed by atoms with Gasteiger partial charge < -0.3 is 5.21 Å². The van der Waals surface area contributed by atoms with Crippen LogP contribution in [0.3, 0.4) is 0 Å². The molecule has 0 heterocycles. The van der Waals surface area contributed by atoms with Crippen LogP contribution in [0.25, 0.3) is 0 Å². The van der Waals surface area contributed by atoms with Gasteiger partial charge in [-0.1, -0.05) is 26.7 Å². The molecule has 0 aliphatic rings. The smallest absolute Gasteiger partial charge is 0.442 e. The molecule has 0 amide bonds. The largest absolute Gasteiger partial charge is 0.442 e. The topological polar surface area (TPSA) is 45.4 Å². The van der Waals surface area contributed by atoms with Gasteiger partial charge in [-0.2, -0.15) is 0 Å². The normalized spacial score (nSPS) is 6.00. The standard InChI is InChI=1S/C4H10.NO/c1-3-4-2;1-2/h3-4H2,1-2H3;. The summed E-state index contributed by atoms with van der Waals surface area (Å²) in [5, 5.41) is 7.25. The van der Waals surface area contributed by atoms with Gasteiger partial charge in [-0.3, -0.25) is 0 Å². The van der Waals surface area contributed by atoms with E-state index in [4.69, 9.17) is 11.1 Å². The molecule has 0 spiro atoms. The maximum atomic E-state index is 7.25. The first-order valence-corrected chi connectivity index (χ1v) is 2.10. The summed E-state index contributed by atoms with van der Waals surface area (Å²) in [5.74, 6) is 5.75. The first-order chi connectivity index (χ1) is 2.91. The first kappa shape index (κ1) is 9.33. The van der Waals surface area contributed by atoms with E-state index in [0.717, 1.165) is 0 Å². The average molecular weight is 88.1 g/mol. The van der Waals surface area contributed by atoms with Gasteiger partial charge in [0.1, 0.15) is 0 Å². The van der Waals surface area contributed by atoms with Crippen molar-refractivity contribution in [1.82, 2.24) is 5.90 Å². The zero-order valence-corrected chi connectivity index (χ0v) is 4.27. The molecule has 0 aromatic carbocycles. The van der Waals surface area contributed by atoms with Crippen molar-refractivity contribution in [3.8, 4) is 0 Å². The predicted octanol–water partition coefficient (Wildman–Crippen LogP) is 1.36. The summed E-state index contributed by atoms with van der Waals surface area (Å²) in [6.07, 6.45) is 2.64. The lowest BCUT2D eigenvalue weighted by Crippen LogP contribution is -1.47. The first-order valence-electron chi connectivity index (χ1n) is 2.10. The van der Waals surface area contributed by atoms with Crippen LogP contribution in [0.15, 0.2) is 0 Å². The van der Waals surface area contributed by atoms with Crippen molar-refractivity contribution < 1.29 is 0 Å². The molecule has 0 fully saturated rings. The molecule has 0 aromatic rings. The Kier molecular flexibility index (Phi) is 31.9. The Morgan fingerprint density at radius 3 is 1.33 bits per heavy atom. The van der Waals surface area contributed by atoms with Crippen molar-refractivity contribution in [3.63, 3.8) is 0 Å². The van der Waals surface area contributed by atoms with E-state index in [2.05, 4.69) is 13.8 Å². The van der Waals surface area contributed by atoms with E-state index in [-0.39, 0.29) is 0 Å². The van der Waals surface area contributed by atoms with E-state index in [1.54, 1.807) is 0 Å². The molecule has 0 aromatic heterocycles. The molecule has 2 nitrogen and oxygen atoms in total. The van der Waals surface area contributed by atoms with E-state index in [0.29, 0.717) is 0 Å². The Hall–Kier alpha value is -0.0800. The van der Waals surface area contributed by atoms with Crippen LogP contribution in [0, 0.1) is 5.21 Å². The minimum Gasteiger partial charge on any atom is -0.442 e. The fourth-order valence-electron chi connectivity index (χ4n) is 0. The van der Waals surface area contributed by atoms with Crippen molar-refractivity contribution in [2.75, 3.05) is 0 Å². The summed E-state index contributed by atoms with van der Waals surface area (Å²) in [4.78, 5) is 0. The molecule has 0 saturated heterocycles. The van der Waals surface area contributed by atoms with Crippen LogP contribution < -0.4 is 5.90 Å². The summed E-state index contributed by atoms with van der Waals surface area (Å²) in [6, 6.07) is 0. The van der Waals surface area contributed by atoms with Gasteiger partial charge in [-0.25, -0.2) is 0 Å². The molecule has 0 bridgehead atoms. The van der Waals surface area contributed by atoms with Crippen LogP contribution in [0.4, 0.5) is 0 Å². The van der Waals surface area contributed by atoms with Crippen LogP contribution in [0.5, 0.6) is 0 Å². The molecular weight excluding hydrogens is 78.0 g/mol. The SMILES string of the molecule is CCCC.[N+][O-]. The Morgan fingerprint density at radius 2 is 1.33 bits per heavy atom. The molecule has 3 radical (unpaired) electrons. The lowest BCUT2D eigenvalue weighted by Gasteiger charge is -1.68. The van der Waals surface area contributed by atoms with Gasteiger partial charge in [0, 0.05) is 0 Å². The number of nitrogens with zero attached hydrogens (tertiary/aromatic N) is 1. The van der Waals surface area contributed by atoms with Gasteiger partial charge in [0.2, 0.25) is 0 Å². The molecule has 2 heteroatoms. The van der Waals surface area contributed by atoms with E-state index >= 15 is 0 Å². The van der Waals surface area contributed by atoms with Crippen LogP contribution in [-0.4, -0.2) is 0 Å². The molecule has 0 aliphatic heterocycles. The zero-order valence-electron chi connectivity index (χ0n) is 4.27. The highest BCUT2D eigenvalue weighted by atomic mass is 16.4. The Bertz CT molecular complexity index is 9.51. The van der Waals surface area contributed by atoms with Crippen molar-refractivity contribution in [1.29, 1.82) is 0 Å². The van der Waals surface area contributed by atoms with Crippen LogP contribution in [0.2, 0.25) is 0 Å². The second-order valence-electron chi connectivity index (χ2n) is 1.000. The minimum absolute atomic E-state index is 1.32. The highest BCUT2D eigenvalue weighted by Crippen LogP contribution is 1.76. The van der Waals surface area contributed by atoms with Crippen molar-refractivity contribution in [3.05, 3.63) is 5.21 Å². The lowest BCUT2D eigenvalue weighted by atomic mass is 10.4. The van der Waals surface area contributed by atoms with E-state index in [1.165, 1.54) is 12.8 Å². The van der Waals surface area contributed by atoms with Gasteiger partial charge in [0.15, 0.2) is 0 Å². The quantitative estimate of drug-likeness (QED) is 0.446. The number of hydrogen-bond acceptors (Lipinski definition) is 1. The number of hydrogen-bond donors (Lipinski definition) is 0. The molecule has 0 aliphatic carbocycles. The predicted molar refractivity (Wildman–Crippen MR) is 26.1 cm³/mol. The fourth-order valence-corrected chi connectivity index (χ4v) is 0. The minimum atomic E-state index is 1.32. The molecule has 0 atom stereocenters. The highest BCUT2D eigenvalue weighted by Gasteiger charge is 1.56. The van der Waals surface area contributed by atoms with Gasteiger partial charge in [-0.15, -0.1) is 0 Å². The van der Waals surface area contributed by atoms with Gasteiger partial charge in [-0.05, 0) is 0 Å². The molecule has 0 saturated carbocycles.